The third kappa shape index (κ3) is 5.40. The molecule has 0 N–H and O–H groups in total. The van der Waals surface area contributed by atoms with Gasteiger partial charge in [0.15, 0.2) is 0 Å². The summed E-state index contributed by atoms with van der Waals surface area (Å²) in [4.78, 5) is 0. The minimum Gasteiger partial charge on any atom is -0.497 e. The highest BCUT2D eigenvalue weighted by atomic mass is 16.5. The molecule has 0 amide bonds. The third-order valence-corrected chi connectivity index (χ3v) is 5.37. The van der Waals surface area contributed by atoms with Crippen LogP contribution in [0.4, 0.5) is 0 Å². The van der Waals surface area contributed by atoms with Gasteiger partial charge in [0.05, 0.1) is 7.11 Å². The van der Waals surface area contributed by atoms with E-state index < -0.39 is 0 Å². The molecule has 0 spiro atoms. The zero-order valence-corrected chi connectivity index (χ0v) is 15.4. The van der Waals surface area contributed by atoms with E-state index in [1.54, 1.807) is 7.11 Å². The van der Waals surface area contributed by atoms with E-state index >= 15 is 0 Å². The highest BCUT2D eigenvalue weighted by Crippen LogP contribution is 2.31. The fourth-order valence-electron chi connectivity index (χ4n) is 3.56. The van der Waals surface area contributed by atoms with E-state index in [2.05, 4.69) is 43.0 Å². The molecule has 1 fully saturated rings. The van der Waals surface area contributed by atoms with Gasteiger partial charge in [0, 0.05) is 11.1 Å². The zero-order chi connectivity index (χ0) is 17.5. The molecule has 0 saturated heterocycles. The molecule has 1 nitrogen and oxygen atoms in total. The molecule has 3 rings (SSSR count). The summed E-state index contributed by atoms with van der Waals surface area (Å²) in [6, 6.07) is 16.6. The molecule has 2 aromatic carbocycles. The molecule has 0 unspecified atom stereocenters. The van der Waals surface area contributed by atoms with Gasteiger partial charge < -0.3 is 4.74 Å². The number of hydrogen-bond acceptors (Lipinski definition) is 1. The summed E-state index contributed by atoms with van der Waals surface area (Å²) >= 11 is 0. The first-order valence-electron chi connectivity index (χ1n) is 9.48. The van der Waals surface area contributed by atoms with Gasteiger partial charge in [-0.1, -0.05) is 56.6 Å². The molecule has 0 radical (unpaired) electrons. The average Bonchev–Trinajstić information content (AvgIpc) is 2.67. The van der Waals surface area contributed by atoms with Crippen LogP contribution in [0.2, 0.25) is 0 Å². The van der Waals surface area contributed by atoms with E-state index in [-0.39, 0.29) is 0 Å². The van der Waals surface area contributed by atoms with E-state index in [0.717, 1.165) is 28.7 Å². The summed E-state index contributed by atoms with van der Waals surface area (Å²) in [6.45, 7) is 2.39. The van der Waals surface area contributed by atoms with Crippen molar-refractivity contribution in [2.75, 3.05) is 7.11 Å². The SMILES string of the molecule is COc1ccc(C#Cc2ccc(CCC3CCC(C)CC3)cc2)cc1. The average molecular weight is 332 g/mol. The number of rotatable bonds is 4. The maximum absolute atomic E-state index is 5.17. The largest absolute Gasteiger partial charge is 0.497 e. The number of aryl methyl sites for hydroxylation is 1. The topological polar surface area (TPSA) is 9.23 Å². The summed E-state index contributed by atoms with van der Waals surface area (Å²) in [6.07, 6.45) is 8.23. The molecule has 0 aliphatic heterocycles. The molecular weight excluding hydrogens is 304 g/mol. The lowest BCUT2D eigenvalue weighted by Gasteiger charge is -2.26. The van der Waals surface area contributed by atoms with Gasteiger partial charge in [-0.3, -0.25) is 0 Å². The van der Waals surface area contributed by atoms with E-state index in [4.69, 9.17) is 4.74 Å². The highest BCUT2D eigenvalue weighted by Gasteiger charge is 2.17. The first kappa shape index (κ1) is 17.6. The van der Waals surface area contributed by atoms with E-state index in [9.17, 15) is 0 Å². The molecule has 2 aromatic rings. The second-order valence-corrected chi connectivity index (χ2v) is 7.34. The van der Waals surface area contributed by atoms with Crippen molar-refractivity contribution in [2.45, 2.75) is 45.4 Å². The lowest BCUT2D eigenvalue weighted by atomic mass is 9.80. The van der Waals surface area contributed by atoms with Crippen LogP contribution in [0.25, 0.3) is 0 Å². The van der Waals surface area contributed by atoms with Gasteiger partial charge in [-0.05, 0) is 66.6 Å². The van der Waals surface area contributed by atoms with Gasteiger partial charge in [0.25, 0.3) is 0 Å². The Morgan fingerprint density at radius 1 is 0.840 bits per heavy atom. The molecule has 1 aliphatic rings. The number of methoxy groups -OCH3 is 1. The van der Waals surface area contributed by atoms with E-state index in [1.165, 1.54) is 44.1 Å². The molecule has 0 bridgehead atoms. The fourth-order valence-corrected chi connectivity index (χ4v) is 3.56. The molecular formula is C24H28O. The lowest BCUT2D eigenvalue weighted by Crippen LogP contribution is -2.12. The van der Waals surface area contributed by atoms with Crippen molar-refractivity contribution in [1.82, 2.24) is 0 Å². The molecule has 1 heteroatoms. The fraction of sp³-hybridized carbons (Fsp3) is 0.417. The Kier molecular flexibility index (Phi) is 6.18. The van der Waals surface area contributed by atoms with Crippen molar-refractivity contribution in [1.29, 1.82) is 0 Å². The van der Waals surface area contributed by atoms with Crippen molar-refractivity contribution in [3.63, 3.8) is 0 Å². The molecule has 1 aliphatic carbocycles. The molecule has 1 saturated carbocycles. The summed E-state index contributed by atoms with van der Waals surface area (Å²) in [5.74, 6) is 9.20. The summed E-state index contributed by atoms with van der Waals surface area (Å²) in [7, 11) is 1.68. The van der Waals surface area contributed by atoms with Gasteiger partial charge in [-0.2, -0.15) is 0 Å². The first-order chi connectivity index (χ1) is 12.2. The second kappa shape index (κ2) is 8.77. The summed E-state index contributed by atoms with van der Waals surface area (Å²) in [5, 5.41) is 0. The van der Waals surface area contributed by atoms with Crippen LogP contribution in [0, 0.1) is 23.7 Å². The van der Waals surface area contributed by atoms with Crippen LogP contribution in [0.3, 0.4) is 0 Å². The number of benzene rings is 2. The van der Waals surface area contributed by atoms with Crippen LogP contribution in [0.15, 0.2) is 48.5 Å². The van der Waals surface area contributed by atoms with Crippen LogP contribution < -0.4 is 4.74 Å². The van der Waals surface area contributed by atoms with Crippen molar-refractivity contribution < 1.29 is 4.74 Å². The van der Waals surface area contributed by atoms with E-state index in [0.29, 0.717) is 0 Å². The van der Waals surface area contributed by atoms with Gasteiger partial charge >= 0.3 is 0 Å². The quantitative estimate of drug-likeness (QED) is 0.638. The highest BCUT2D eigenvalue weighted by molar-refractivity contribution is 5.44. The normalized spacial score (nSPS) is 19.8. The van der Waals surface area contributed by atoms with Crippen LogP contribution in [0.1, 0.15) is 55.7 Å². The Morgan fingerprint density at radius 2 is 1.40 bits per heavy atom. The lowest BCUT2D eigenvalue weighted by molar-refractivity contribution is 0.278. The number of ether oxygens (including phenoxy) is 1. The van der Waals surface area contributed by atoms with Crippen LogP contribution in [0.5, 0.6) is 5.75 Å². The van der Waals surface area contributed by atoms with Crippen molar-refractivity contribution in [2.24, 2.45) is 11.8 Å². The zero-order valence-electron chi connectivity index (χ0n) is 15.4. The standard InChI is InChI=1S/C24H28O/c1-19-3-5-20(6-4-19)7-8-21-9-11-22(12-10-21)13-14-23-15-17-24(25-2)18-16-23/h9-12,15-20H,3-8H2,1-2H3. The minimum atomic E-state index is 0.863. The molecule has 0 heterocycles. The predicted octanol–water partition coefficient (Wildman–Crippen LogP) is 5.85. The van der Waals surface area contributed by atoms with Crippen molar-refractivity contribution >= 4 is 0 Å². The summed E-state index contributed by atoms with van der Waals surface area (Å²) < 4.78 is 5.17. The molecule has 0 atom stereocenters. The smallest absolute Gasteiger partial charge is 0.118 e. The Balaban J connectivity index is 1.52. The maximum atomic E-state index is 5.17. The Morgan fingerprint density at radius 3 is 1.96 bits per heavy atom. The molecule has 25 heavy (non-hydrogen) atoms. The van der Waals surface area contributed by atoms with E-state index in [1.807, 2.05) is 24.3 Å². The van der Waals surface area contributed by atoms with Crippen LogP contribution >= 0.6 is 0 Å². The van der Waals surface area contributed by atoms with Gasteiger partial charge in [-0.15, -0.1) is 0 Å². The maximum Gasteiger partial charge on any atom is 0.118 e. The Bertz CT molecular complexity index is 707. The Labute approximate surface area is 152 Å². The monoisotopic (exact) mass is 332 g/mol. The predicted molar refractivity (Wildman–Crippen MR) is 105 cm³/mol. The van der Waals surface area contributed by atoms with Gasteiger partial charge in [-0.25, -0.2) is 0 Å². The summed E-state index contributed by atoms with van der Waals surface area (Å²) in [5.41, 5.74) is 3.52. The second-order valence-electron chi connectivity index (χ2n) is 7.34. The van der Waals surface area contributed by atoms with Crippen molar-refractivity contribution in [3.05, 3.63) is 65.2 Å². The van der Waals surface area contributed by atoms with Gasteiger partial charge in [0.2, 0.25) is 0 Å². The Hall–Kier alpha value is -2.20. The molecule has 130 valence electrons. The van der Waals surface area contributed by atoms with Crippen LogP contribution in [-0.4, -0.2) is 7.11 Å². The minimum absolute atomic E-state index is 0.863. The van der Waals surface area contributed by atoms with Crippen LogP contribution in [-0.2, 0) is 6.42 Å². The molecule has 0 aromatic heterocycles. The van der Waals surface area contributed by atoms with Gasteiger partial charge in [0.1, 0.15) is 5.75 Å². The first-order valence-corrected chi connectivity index (χ1v) is 9.48. The van der Waals surface area contributed by atoms with Crippen molar-refractivity contribution in [3.8, 4) is 17.6 Å². The third-order valence-electron chi connectivity index (χ3n) is 5.37. The number of hydrogen-bond donors (Lipinski definition) is 0.